The summed E-state index contributed by atoms with van der Waals surface area (Å²) in [4.78, 5) is 17.0. The van der Waals surface area contributed by atoms with Crippen molar-refractivity contribution in [2.45, 2.75) is 4.90 Å². The van der Waals surface area contributed by atoms with E-state index in [-0.39, 0.29) is 16.1 Å². The molecule has 3 aromatic carbocycles. The third-order valence-electron chi connectivity index (χ3n) is 4.32. The van der Waals surface area contributed by atoms with Gasteiger partial charge in [0, 0.05) is 11.3 Å². The van der Waals surface area contributed by atoms with Crippen LogP contribution in [0.2, 0.25) is 0 Å². The number of carbonyl (C=O) groups is 1. The number of aromatic nitrogens is 1. The molecular formula is C21H16FN3O4S2. The molecule has 1 amide bonds. The van der Waals surface area contributed by atoms with Gasteiger partial charge in [0.2, 0.25) is 0 Å². The quantitative estimate of drug-likeness (QED) is 0.444. The van der Waals surface area contributed by atoms with Crippen molar-refractivity contribution in [1.82, 2.24) is 4.98 Å². The van der Waals surface area contributed by atoms with E-state index in [1.54, 1.807) is 25.3 Å². The van der Waals surface area contributed by atoms with Crippen LogP contribution in [0.4, 0.5) is 15.2 Å². The lowest BCUT2D eigenvalue weighted by molar-refractivity contribution is 0.102. The zero-order valence-corrected chi connectivity index (χ0v) is 17.8. The van der Waals surface area contributed by atoms with Gasteiger partial charge in [0.25, 0.3) is 15.9 Å². The summed E-state index contributed by atoms with van der Waals surface area (Å²) in [6, 6.07) is 16.0. The van der Waals surface area contributed by atoms with E-state index in [2.05, 4.69) is 15.0 Å². The minimum absolute atomic E-state index is 0.0906. The number of amides is 1. The number of sulfonamides is 1. The van der Waals surface area contributed by atoms with E-state index < -0.39 is 21.7 Å². The number of anilines is 2. The minimum atomic E-state index is -3.93. The normalized spacial score (nSPS) is 11.3. The zero-order valence-electron chi connectivity index (χ0n) is 16.1. The average molecular weight is 458 g/mol. The number of hydrogen-bond donors (Lipinski definition) is 2. The smallest absolute Gasteiger partial charge is 0.261 e. The summed E-state index contributed by atoms with van der Waals surface area (Å²) >= 11 is 1.30. The molecular weight excluding hydrogens is 441 g/mol. The summed E-state index contributed by atoms with van der Waals surface area (Å²) in [5.41, 5.74) is 1.08. The lowest BCUT2D eigenvalue weighted by Crippen LogP contribution is -2.15. The van der Waals surface area contributed by atoms with Crippen molar-refractivity contribution in [2.24, 2.45) is 0 Å². The van der Waals surface area contributed by atoms with Gasteiger partial charge < -0.3 is 4.74 Å². The Hall–Kier alpha value is -3.50. The van der Waals surface area contributed by atoms with Crippen molar-refractivity contribution in [2.75, 3.05) is 17.1 Å². The van der Waals surface area contributed by atoms with Crippen LogP contribution in [0.1, 0.15) is 10.4 Å². The Morgan fingerprint density at radius 2 is 1.81 bits per heavy atom. The number of nitrogens with zero attached hydrogens (tertiary/aromatic N) is 1. The fourth-order valence-electron chi connectivity index (χ4n) is 2.86. The molecule has 0 bridgehead atoms. The van der Waals surface area contributed by atoms with Crippen molar-refractivity contribution in [3.63, 3.8) is 0 Å². The number of para-hydroxylation sites is 1. The van der Waals surface area contributed by atoms with Crippen LogP contribution in [0.5, 0.6) is 5.75 Å². The van der Waals surface area contributed by atoms with Crippen LogP contribution >= 0.6 is 11.3 Å². The Bertz CT molecular complexity index is 1370. The van der Waals surface area contributed by atoms with E-state index in [1.807, 2.05) is 12.1 Å². The molecule has 0 saturated carbocycles. The van der Waals surface area contributed by atoms with Gasteiger partial charge in [-0.1, -0.05) is 23.5 Å². The molecule has 0 aliphatic carbocycles. The molecule has 0 saturated heterocycles. The third-order valence-corrected chi connectivity index (χ3v) is 6.66. The van der Waals surface area contributed by atoms with Gasteiger partial charge in [0.05, 0.1) is 16.7 Å². The van der Waals surface area contributed by atoms with Gasteiger partial charge in [0.15, 0.2) is 5.13 Å². The van der Waals surface area contributed by atoms with Gasteiger partial charge >= 0.3 is 0 Å². The summed E-state index contributed by atoms with van der Waals surface area (Å²) in [6.45, 7) is 0. The average Bonchev–Trinajstić information content (AvgIpc) is 3.16. The summed E-state index contributed by atoms with van der Waals surface area (Å²) in [5, 5.41) is 3.11. The van der Waals surface area contributed by atoms with Gasteiger partial charge in [-0.05, 0) is 54.6 Å². The summed E-state index contributed by atoms with van der Waals surface area (Å²) < 4.78 is 46.6. The first-order valence-corrected chi connectivity index (χ1v) is 11.3. The number of halogens is 1. The Morgan fingerprint density at radius 1 is 1.06 bits per heavy atom. The van der Waals surface area contributed by atoms with Crippen LogP contribution in [0, 0.1) is 5.82 Å². The Morgan fingerprint density at radius 3 is 2.55 bits per heavy atom. The summed E-state index contributed by atoms with van der Waals surface area (Å²) in [5.74, 6) is -0.377. The molecule has 158 valence electrons. The van der Waals surface area contributed by atoms with E-state index in [0.29, 0.717) is 16.4 Å². The van der Waals surface area contributed by atoms with E-state index >= 15 is 0 Å². The predicted octanol–water partition coefficient (Wildman–Crippen LogP) is 4.50. The zero-order chi connectivity index (χ0) is 22.0. The SMILES string of the molecule is COc1cccc2sc(NC(=O)c3cccc(NS(=O)(=O)c4ccc(F)cc4)c3)nc12. The number of fused-ring (bicyclic) bond motifs is 1. The number of nitrogens with one attached hydrogen (secondary N) is 2. The van der Waals surface area contributed by atoms with Crippen molar-refractivity contribution in [1.29, 1.82) is 0 Å². The standard InChI is InChI=1S/C21H16FN3O4S2/c1-29-17-6-3-7-18-19(17)23-21(30-18)24-20(26)13-4-2-5-15(12-13)25-31(27,28)16-10-8-14(22)9-11-16/h2-12,25H,1H3,(H,23,24,26). The molecule has 0 atom stereocenters. The first-order chi connectivity index (χ1) is 14.9. The molecule has 4 aromatic rings. The molecule has 1 aromatic heterocycles. The number of methoxy groups -OCH3 is 1. The highest BCUT2D eigenvalue weighted by atomic mass is 32.2. The molecule has 2 N–H and O–H groups in total. The van der Waals surface area contributed by atoms with E-state index in [4.69, 9.17) is 4.74 Å². The number of hydrogen-bond acceptors (Lipinski definition) is 6. The number of carbonyl (C=O) groups excluding carboxylic acids is 1. The first kappa shape index (κ1) is 20.8. The van der Waals surface area contributed by atoms with Gasteiger partial charge in [-0.2, -0.15) is 0 Å². The van der Waals surface area contributed by atoms with Gasteiger partial charge in [-0.15, -0.1) is 0 Å². The Balaban J connectivity index is 1.54. The molecule has 0 radical (unpaired) electrons. The molecule has 0 fully saturated rings. The monoisotopic (exact) mass is 457 g/mol. The molecule has 0 unspecified atom stereocenters. The van der Waals surface area contributed by atoms with Crippen molar-refractivity contribution < 1.29 is 22.3 Å². The number of benzene rings is 3. The maximum absolute atomic E-state index is 13.1. The van der Waals surface area contributed by atoms with Crippen LogP contribution in [-0.4, -0.2) is 26.4 Å². The second kappa shape index (κ2) is 8.32. The largest absolute Gasteiger partial charge is 0.494 e. The van der Waals surface area contributed by atoms with Crippen LogP contribution in [-0.2, 0) is 10.0 Å². The minimum Gasteiger partial charge on any atom is -0.494 e. The van der Waals surface area contributed by atoms with E-state index in [9.17, 15) is 17.6 Å². The maximum Gasteiger partial charge on any atom is 0.261 e. The number of rotatable bonds is 6. The van der Waals surface area contributed by atoms with Gasteiger partial charge in [-0.25, -0.2) is 17.8 Å². The van der Waals surface area contributed by atoms with Crippen LogP contribution in [0.3, 0.4) is 0 Å². The molecule has 0 aliphatic rings. The molecule has 7 nitrogen and oxygen atoms in total. The molecule has 0 spiro atoms. The second-order valence-electron chi connectivity index (χ2n) is 6.42. The molecule has 10 heteroatoms. The lowest BCUT2D eigenvalue weighted by atomic mass is 10.2. The highest BCUT2D eigenvalue weighted by Gasteiger charge is 2.16. The fraction of sp³-hybridized carbons (Fsp3) is 0.0476. The van der Waals surface area contributed by atoms with Crippen molar-refractivity contribution in [3.8, 4) is 5.75 Å². The van der Waals surface area contributed by atoms with Crippen molar-refractivity contribution in [3.05, 3.63) is 78.1 Å². The van der Waals surface area contributed by atoms with Crippen LogP contribution < -0.4 is 14.8 Å². The summed E-state index contributed by atoms with van der Waals surface area (Å²) in [7, 11) is -2.38. The van der Waals surface area contributed by atoms with E-state index in [1.165, 1.54) is 23.5 Å². The topological polar surface area (TPSA) is 97.4 Å². The number of thiazole rings is 1. The Kier molecular flexibility index (Phi) is 5.57. The molecule has 31 heavy (non-hydrogen) atoms. The third kappa shape index (κ3) is 4.49. The van der Waals surface area contributed by atoms with Gasteiger partial charge in [-0.3, -0.25) is 14.8 Å². The number of ether oxygens (including phenoxy) is 1. The summed E-state index contributed by atoms with van der Waals surface area (Å²) in [6.07, 6.45) is 0. The first-order valence-electron chi connectivity index (χ1n) is 8.99. The highest BCUT2D eigenvalue weighted by Crippen LogP contribution is 2.32. The lowest BCUT2D eigenvalue weighted by Gasteiger charge is -2.09. The maximum atomic E-state index is 13.1. The fourth-order valence-corrected chi connectivity index (χ4v) is 4.79. The molecule has 1 heterocycles. The highest BCUT2D eigenvalue weighted by molar-refractivity contribution is 7.92. The predicted molar refractivity (Wildman–Crippen MR) is 118 cm³/mol. The van der Waals surface area contributed by atoms with Crippen molar-refractivity contribution >= 4 is 48.3 Å². The Labute approximate surface area is 181 Å². The molecule has 0 aliphatic heterocycles. The van der Waals surface area contributed by atoms with E-state index in [0.717, 1.165) is 29.0 Å². The molecule has 4 rings (SSSR count). The van der Waals surface area contributed by atoms with Crippen LogP contribution in [0.25, 0.3) is 10.2 Å². The van der Waals surface area contributed by atoms with Crippen LogP contribution in [0.15, 0.2) is 71.6 Å². The van der Waals surface area contributed by atoms with Gasteiger partial charge in [0.1, 0.15) is 17.1 Å². The second-order valence-corrected chi connectivity index (χ2v) is 9.13.